The first kappa shape index (κ1) is 18.6. The van der Waals surface area contributed by atoms with Gasteiger partial charge in [-0.15, -0.1) is 0 Å². The highest BCUT2D eigenvalue weighted by Crippen LogP contribution is 2.52. The van der Waals surface area contributed by atoms with E-state index < -0.39 is 0 Å². The number of methoxy groups -OCH3 is 1. The van der Waals surface area contributed by atoms with Crippen LogP contribution in [0.15, 0.2) is 65.5 Å². The number of benzene rings is 2. The van der Waals surface area contributed by atoms with Gasteiger partial charge in [0.2, 0.25) is 5.91 Å². The van der Waals surface area contributed by atoms with Crippen LogP contribution in [0, 0.1) is 17.8 Å². The summed E-state index contributed by atoms with van der Waals surface area (Å²) in [5, 5.41) is 3.65. The Balaban J connectivity index is 1.40. The van der Waals surface area contributed by atoms with E-state index in [1.54, 1.807) is 13.2 Å². The number of amides is 1. The molecule has 2 aromatic carbocycles. The Hall–Kier alpha value is -3.41. The van der Waals surface area contributed by atoms with Gasteiger partial charge < -0.3 is 15.0 Å². The molecular formula is C24H23N3O3. The van der Waals surface area contributed by atoms with E-state index in [0.717, 1.165) is 17.7 Å². The summed E-state index contributed by atoms with van der Waals surface area (Å²) in [7, 11) is 1.63. The third-order valence-corrected chi connectivity index (χ3v) is 6.33. The number of rotatable bonds is 5. The molecular weight excluding hydrogens is 378 g/mol. The predicted octanol–water partition coefficient (Wildman–Crippen LogP) is 3.15. The summed E-state index contributed by atoms with van der Waals surface area (Å²) in [5.74, 6) is 1.44. The highest BCUT2D eigenvalue weighted by Gasteiger charge is 2.49. The maximum absolute atomic E-state index is 13.2. The van der Waals surface area contributed by atoms with Crippen molar-refractivity contribution in [2.45, 2.75) is 18.9 Å². The molecule has 0 spiro atoms. The molecule has 2 aliphatic rings. The van der Waals surface area contributed by atoms with Crippen LogP contribution in [-0.2, 0) is 11.3 Å². The number of aromatic nitrogens is 2. The Bertz CT molecular complexity index is 1180. The Labute approximate surface area is 174 Å². The van der Waals surface area contributed by atoms with Crippen LogP contribution in [0.4, 0.5) is 0 Å². The minimum absolute atomic E-state index is 0.00322. The van der Waals surface area contributed by atoms with Crippen LogP contribution in [-0.4, -0.2) is 23.0 Å². The first-order chi connectivity index (χ1) is 14.6. The summed E-state index contributed by atoms with van der Waals surface area (Å²) in [6.45, 7) is 0.453. The summed E-state index contributed by atoms with van der Waals surface area (Å²) in [5.41, 5.74) is 1.52. The number of fused-ring (bicyclic) bond motifs is 3. The molecule has 1 aromatic heterocycles. The summed E-state index contributed by atoms with van der Waals surface area (Å²) in [6.07, 6.45) is 5.22. The third kappa shape index (κ3) is 3.18. The van der Waals surface area contributed by atoms with Gasteiger partial charge in [-0.05, 0) is 48.1 Å². The summed E-state index contributed by atoms with van der Waals surface area (Å²) in [4.78, 5) is 33.4. The summed E-state index contributed by atoms with van der Waals surface area (Å²) in [6, 6.07) is 15.0. The molecule has 6 heteroatoms. The first-order valence-electron chi connectivity index (χ1n) is 10.2. The fourth-order valence-corrected chi connectivity index (χ4v) is 4.87. The number of para-hydroxylation sites is 1. The Morgan fingerprint density at radius 2 is 1.90 bits per heavy atom. The van der Waals surface area contributed by atoms with Gasteiger partial charge >= 0.3 is 0 Å². The van der Waals surface area contributed by atoms with E-state index in [1.807, 2.05) is 42.5 Å². The van der Waals surface area contributed by atoms with Crippen molar-refractivity contribution in [2.24, 2.45) is 17.8 Å². The van der Waals surface area contributed by atoms with Crippen LogP contribution < -0.4 is 15.6 Å². The second-order valence-corrected chi connectivity index (χ2v) is 8.03. The SMILES string of the molecule is COc1ccc(CNC(=O)[C@H]2[C@@H](c3nc4ccccc4c(=O)[nH]3)[C@H]3C=C[C@H]2C3)cc1. The van der Waals surface area contributed by atoms with Crippen molar-refractivity contribution in [3.8, 4) is 5.75 Å². The molecule has 2 aliphatic carbocycles. The van der Waals surface area contributed by atoms with Gasteiger partial charge in [-0.3, -0.25) is 9.59 Å². The average Bonchev–Trinajstić information content (AvgIpc) is 3.39. The van der Waals surface area contributed by atoms with Gasteiger partial charge in [0.05, 0.1) is 23.9 Å². The minimum Gasteiger partial charge on any atom is -0.497 e. The van der Waals surface area contributed by atoms with Gasteiger partial charge in [0.25, 0.3) is 5.56 Å². The van der Waals surface area contributed by atoms with E-state index in [0.29, 0.717) is 23.3 Å². The molecule has 152 valence electrons. The monoisotopic (exact) mass is 401 g/mol. The summed E-state index contributed by atoms with van der Waals surface area (Å²) < 4.78 is 5.18. The molecule has 0 saturated heterocycles. The van der Waals surface area contributed by atoms with Crippen molar-refractivity contribution in [3.63, 3.8) is 0 Å². The number of nitrogens with zero attached hydrogens (tertiary/aromatic N) is 1. The Morgan fingerprint density at radius 1 is 1.13 bits per heavy atom. The maximum atomic E-state index is 13.2. The molecule has 6 nitrogen and oxygen atoms in total. The third-order valence-electron chi connectivity index (χ3n) is 6.33. The number of allylic oxidation sites excluding steroid dienone is 2. The smallest absolute Gasteiger partial charge is 0.258 e. The zero-order valence-corrected chi connectivity index (χ0v) is 16.7. The second-order valence-electron chi connectivity index (χ2n) is 8.03. The number of nitrogens with one attached hydrogen (secondary N) is 2. The van der Waals surface area contributed by atoms with Crippen LogP contribution in [0.5, 0.6) is 5.75 Å². The quantitative estimate of drug-likeness (QED) is 0.644. The second kappa shape index (κ2) is 7.44. The zero-order chi connectivity index (χ0) is 20.7. The van der Waals surface area contributed by atoms with E-state index in [2.05, 4.69) is 22.5 Å². The Kier molecular flexibility index (Phi) is 4.62. The molecule has 1 heterocycles. The number of carbonyl (C=O) groups excluding carboxylic acids is 1. The number of hydrogen-bond donors (Lipinski definition) is 2. The van der Waals surface area contributed by atoms with Crippen LogP contribution in [0.25, 0.3) is 10.9 Å². The van der Waals surface area contributed by atoms with Crippen molar-refractivity contribution in [1.29, 1.82) is 0 Å². The minimum atomic E-state index is -0.234. The van der Waals surface area contributed by atoms with Crippen molar-refractivity contribution in [3.05, 3.63) is 82.4 Å². The molecule has 1 fully saturated rings. The molecule has 0 unspecified atom stereocenters. The highest BCUT2D eigenvalue weighted by molar-refractivity contribution is 5.82. The molecule has 1 amide bonds. The fourth-order valence-electron chi connectivity index (χ4n) is 4.87. The van der Waals surface area contributed by atoms with Gasteiger partial charge in [0, 0.05) is 12.5 Å². The van der Waals surface area contributed by atoms with E-state index >= 15 is 0 Å². The van der Waals surface area contributed by atoms with E-state index in [9.17, 15) is 9.59 Å². The molecule has 3 aromatic rings. The first-order valence-corrected chi connectivity index (χ1v) is 10.2. The molecule has 0 aliphatic heterocycles. The molecule has 5 rings (SSSR count). The number of carbonyl (C=O) groups is 1. The van der Waals surface area contributed by atoms with E-state index in [4.69, 9.17) is 9.72 Å². The normalized spacial score (nSPS) is 24.3. The molecule has 0 radical (unpaired) electrons. The lowest BCUT2D eigenvalue weighted by Gasteiger charge is -2.26. The van der Waals surface area contributed by atoms with E-state index in [-0.39, 0.29) is 35.1 Å². The van der Waals surface area contributed by atoms with Crippen molar-refractivity contribution >= 4 is 16.8 Å². The Morgan fingerprint density at radius 3 is 2.70 bits per heavy atom. The average molecular weight is 401 g/mol. The lowest BCUT2D eigenvalue weighted by atomic mass is 9.81. The van der Waals surface area contributed by atoms with Crippen molar-refractivity contribution < 1.29 is 9.53 Å². The van der Waals surface area contributed by atoms with Crippen molar-refractivity contribution in [1.82, 2.24) is 15.3 Å². The van der Waals surface area contributed by atoms with Crippen LogP contribution in [0.1, 0.15) is 23.7 Å². The van der Waals surface area contributed by atoms with Gasteiger partial charge in [0.15, 0.2) is 0 Å². The lowest BCUT2D eigenvalue weighted by molar-refractivity contribution is -0.126. The molecule has 2 N–H and O–H groups in total. The fraction of sp³-hybridized carbons (Fsp3) is 0.292. The zero-order valence-electron chi connectivity index (χ0n) is 16.7. The van der Waals surface area contributed by atoms with Gasteiger partial charge in [-0.25, -0.2) is 4.98 Å². The number of H-pyrrole nitrogens is 1. The van der Waals surface area contributed by atoms with Crippen LogP contribution >= 0.6 is 0 Å². The van der Waals surface area contributed by atoms with Gasteiger partial charge in [-0.2, -0.15) is 0 Å². The standard InChI is InChI=1S/C24H23N3O3/c1-30-17-10-6-14(7-11-17)13-25-24(29)21-16-9-8-15(12-16)20(21)22-26-19-5-3-2-4-18(19)23(28)27-22/h2-11,15-16,20-21H,12-13H2,1H3,(H,25,29)(H,26,27,28)/t15-,16-,20-,21+/m0/s1. The largest absolute Gasteiger partial charge is 0.497 e. The molecule has 4 atom stereocenters. The van der Waals surface area contributed by atoms with Crippen LogP contribution in [0.2, 0.25) is 0 Å². The van der Waals surface area contributed by atoms with Crippen molar-refractivity contribution in [2.75, 3.05) is 7.11 Å². The van der Waals surface area contributed by atoms with Crippen LogP contribution in [0.3, 0.4) is 0 Å². The molecule has 2 bridgehead atoms. The topological polar surface area (TPSA) is 84.1 Å². The maximum Gasteiger partial charge on any atom is 0.258 e. The number of aromatic amines is 1. The highest BCUT2D eigenvalue weighted by atomic mass is 16.5. The van der Waals surface area contributed by atoms with Gasteiger partial charge in [-0.1, -0.05) is 36.4 Å². The predicted molar refractivity (Wildman–Crippen MR) is 114 cm³/mol. The number of hydrogen-bond acceptors (Lipinski definition) is 4. The lowest BCUT2D eigenvalue weighted by Crippen LogP contribution is -2.37. The van der Waals surface area contributed by atoms with Gasteiger partial charge in [0.1, 0.15) is 11.6 Å². The number of ether oxygens (including phenoxy) is 1. The van der Waals surface area contributed by atoms with E-state index in [1.165, 1.54) is 0 Å². The molecule has 30 heavy (non-hydrogen) atoms. The molecule has 1 saturated carbocycles. The summed E-state index contributed by atoms with van der Waals surface area (Å²) >= 11 is 0.